The highest BCUT2D eigenvalue weighted by atomic mass is 16.5. The highest BCUT2D eigenvalue weighted by Gasteiger charge is 2.45. The minimum atomic E-state index is -0.686. The highest BCUT2D eigenvalue weighted by molar-refractivity contribution is 5.92. The summed E-state index contributed by atoms with van der Waals surface area (Å²) in [5, 5.41) is 14.8. The van der Waals surface area contributed by atoms with Gasteiger partial charge in [0.1, 0.15) is 24.1 Å². The maximum atomic E-state index is 12.7. The molecule has 12 nitrogen and oxygen atoms in total. The molecule has 5 heterocycles. The molecule has 1 fully saturated rings. The lowest BCUT2D eigenvalue weighted by Crippen LogP contribution is -2.41. The van der Waals surface area contributed by atoms with Crippen LogP contribution in [0.4, 0.5) is 11.5 Å². The second kappa shape index (κ2) is 11.6. The molecule has 0 radical (unpaired) electrons. The standard InChI is InChI=1S/C33H41N9O3/c1-39(2)31(43)27-15-23-18-41(13-6-14-42(23)38-27)30-25-20-45-33(11-4-7-21-9-10-26(35)24(17-34)29(21)33)16-28(25)36-32(37-30)44-19-22-8-5-12-40(22)3/h9-10,15,22H,4-8,11-14,16,18-20,35H2,1-3H3/t22-,33?/m0/s1. The molecule has 1 aliphatic carbocycles. The van der Waals surface area contributed by atoms with Crippen molar-refractivity contribution >= 4 is 17.4 Å². The Balaban J connectivity index is 1.27. The lowest BCUT2D eigenvalue weighted by molar-refractivity contribution is -0.0856. The zero-order valence-corrected chi connectivity index (χ0v) is 26.4. The first-order chi connectivity index (χ1) is 21.8. The maximum absolute atomic E-state index is 12.7. The monoisotopic (exact) mass is 611 g/mol. The Labute approximate surface area is 263 Å². The number of aryl methyl sites for hydroxylation is 2. The van der Waals surface area contributed by atoms with E-state index >= 15 is 0 Å². The lowest BCUT2D eigenvalue weighted by Gasteiger charge is -2.43. The van der Waals surface area contributed by atoms with Gasteiger partial charge in [0.25, 0.3) is 5.91 Å². The van der Waals surface area contributed by atoms with Gasteiger partial charge in [0, 0.05) is 56.5 Å². The van der Waals surface area contributed by atoms with Crippen LogP contribution in [0.2, 0.25) is 0 Å². The van der Waals surface area contributed by atoms with Crippen LogP contribution in [0.25, 0.3) is 0 Å². The van der Waals surface area contributed by atoms with Crippen LogP contribution >= 0.6 is 0 Å². The molecule has 1 amide bonds. The first kappa shape index (κ1) is 29.5. The third kappa shape index (κ3) is 5.27. The van der Waals surface area contributed by atoms with E-state index in [9.17, 15) is 10.1 Å². The normalized spacial score (nSPS) is 22.7. The molecule has 7 rings (SSSR count). The molecule has 4 aliphatic rings. The molecule has 1 unspecified atom stereocenters. The molecule has 2 atom stereocenters. The summed E-state index contributed by atoms with van der Waals surface area (Å²) in [5.41, 5.74) is 11.9. The first-order valence-corrected chi connectivity index (χ1v) is 16.0. The van der Waals surface area contributed by atoms with E-state index < -0.39 is 5.60 Å². The van der Waals surface area contributed by atoms with Crippen LogP contribution in [0.15, 0.2) is 18.2 Å². The summed E-state index contributed by atoms with van der Waals surface area (Å²) in [6, 6.07) is 8.83. The molecule has 2 N–H and O–H groups in total. The molecule has 1 spiro atoms. The number of likely N-dealkylation sites (N-methyl/N-ethyl adjacent to an activating group) is 1. The van der Waals surface area contributed by atoms with E-state index in [1.165, 1.54) is 0 Å². The summed E-state index contributed by atoms with van der Waals surface area (Å²) in [4.78, 5) is 28.9. The van der Waals surface area contributed by atoms with Crippen molar-refractivity contribution in [2.45, 2.75) is 76.3 Å². The number of benzene rings is 1. The zero-order chi connectivity index (χ0) is 31.3. The van der Waals surface area contributed by atoms with Crippen LogP contribution in [0.1, 0.15) is 76.2 Å². The van der Waals surface area contributed by atoms with E-state index in [1.54, 1.807) is 19.0 Å². The van der Waals surface area contributed by atoms with E-state index in [1.807, 2.05) is 22.9 Å². The topological polar surface area (TPSA) is 139 Å². The number of hydrogen-bond acceptors (Lipinski definition) is 10. The second-order valence-corrected chi connectivity index (χ2v) is 13.1. The van der Waals surface area contributed by atoms with Crippen LogP contribution in [-0.2, 0) is 42.9 Å². The van der Waals surface area contributed by atoms with Gasteiger partial charge >= 0.3 is 6.01 Å². The first-order valence-electron chi connectivity index (χ1n) is 16.0. The molecule has 2 aromatic heterocycles. The maximum Gasteiger partial charge on any atom is 0.318 e. The molecule has 1 aromatic carbocycles. The van der Waals surface area contributed by atoms with Gasteiger partial charge in [0.15, 0.2) is 5.69 Å². The number of ether oxygens (including phenoxy) is 2. The van der Waals surface area contributed by atoms with Gasteiger partial charge in [-0.3, -0.25) is 9.48 Å². The molecule has 1 saturated heterocycles. The van der Waals surface area contributed by atoms with Crippen LogP contribution in [0, 0.1) is 11.3 Å². The Morgan fingerprint density at radius 3 is 2.87 bits per heavy atom. The zero-order valence-electron chi connectivity index (χ0n) is 26.4. The number of carbonyl (C=O) groups is 1. The Morgan fingerprint density at radius 2 is 2.09 bits per heavy atom. The van der Waals surface area contributed by atoms with Crippen LogP contribution in [0.5, 0.6) is 6.01 Å². The van der Waals surface area contributed by atoms with Crippen molar-refractivity contribution in [1.82, 2.24) is 29.5 Å². The number of nitrogens with zero attached hydrogens (tertiary/aromatic N) is 8. The molecular weight excluding hydrogens is 570 g/mol. The predicted octanol–water partition coefficient (Wildman–Crippen LogP) is 3.02. The highest BCUT2D eigenvalue weighted by Crippen LogP contribution is 2.48. The Morgan fingerprint density at radius 1 is 1.22 bits per heavy atom. The Kier molecular flexibility index (Phi) is 7.61. The van der Waals surface area contributed by atoms with Gasteiger partial charge in [-0.05, 0) is 69.8 Å². The van der Waals surface area contributed by atoms with Crippen molar-refractivity contribution in [3.05, 3.63) is 57.5 Å². The van der Waals surface area contributed by atoms with Gasteiger partial charge in [-0.1, -0.05) is 6.07 Å². The number of rotatable bonds is 5. The van der Waals surface area contributed by atoms with E-state index in [0.29, 0.717) is 61.7 Å². The molecule has 236 valence electrons. The van der Waals surface area contributed by atoms with Gasteiger partial charge in [0.2, 0.25) is 0 Å². The van der Waals surface area contributed by atoms with Crippen molar-refractivity contribution in [1.29, 1.82) is 5.26 Å². The van der Waals surface area contributed by atoms with Gasteiger partial charge in [-0.25, -0.2) is 0 Å². The van der Waals surface area contributed by atoms with Crippen molar-refractivity contribution in [2.24, 2.45) is 0 Å². The lowest BCUT2D eigenvalue weighted by atomic mass is 9.72. The summed E-state index contributed by atoms with van der Waals surface area (Å²) in [7, 11) is 5.61. The third-order valence-corrected chi connectivity index (χ3v) is 9.93. The number of likely N-dealkylation sites (tertiary alicyclic amines) is 1. The summed E-state index contributed by atoms with van der Waals surface area (Å²) in [6.45, 7) is 3.93. The molecular formula is C33H41N9O3. The molecule has 0 bridgehead atoms. The van der Waals surface area contributed by atoms with Crippen molar-refractivity contribution in [3.63, 3.8) is 0 Å². The van der Waals surface area contributed by atoms with E-state index in [-0.39, 0.29) is 5.91 Å². The number of nitrogens with two attached hydrogens (primary N) is 1. The van der Waals surface area contributed by atoms with Crippen LogP contribution in [0.3, 0.4) is 0 Å². The minimum Gasteiger partial charge on any atom is -0.462 e. The molecule has 45 heavy (non-hydrogen) atoms. The van der Waals surface area contributed by atoms with Crippen LogP contribution < -0.4 is 15.4 Å². The van der Waals surface area contributed by atoms with E-state index in [4.69, 9.17) is 25.2 Å². The largest absolute Gasteiger partial charge is 0.462 e. The fourth-order valence-corrected chi connectivity index (χ4v) is 7.51. The summed E-state index contributed by atoms with van der Waals surface area (Å²) in [5.74, 6) is 0.682. The summed E-state index contributed by atoms with van der Waals surface area (Å²) >= 11 is 0. The second-order valence-electron chi connectivity index (χ2n) is 13.1. The average molecular weight is 612 g/mol. The molecule has 3 aliphatic heterocycles. The fourth-order valence-electron chi connectivity index (χ4n) is 7.51. The van der Waals surface area contributed by atoms with Gasteiger partial charge in [0.05, 0.1) is 30.1 Å². The number of fused-ring (bicyclic) bond motifs is 4. The summed E-state index contributed by atoms with van der Waals surface area (Å²) < 4.78 is 15.1. The Hall–Kier alpha value is -4.21. The van der Waals surface area contributed by atoms with Crippen LogP contribution in [-0.4, -0.2) is 82.3 Å². The van der Waals surface area contributed by atoms with Crippen molar-refractivity contribution < 1.29 is 14.3 Å². The van der Waals surface area contributed by atoms with Crippen molar-refractivity contribution in [2.75, 3.05) is 51.5 Å². The van der Waals surface area contributed by atoms with Gasteiger partial charge < -0.3 is 29.9 Å². The number of nitriles is 1. The van der Waals surface area contributed by atoms with Gasteiger partial charge in [-0.15, -0.1) is 0 Å². The average Bonchev–Trinajstić information content (AvgIpc) is 3.58. The Bertz CT molecular complexity index is 1680. The number of nitrogen functional groups attached to an aromatic ring is 1. The predicted molar refractivity (Wildman–Crippen MR) is 168 cm³/mol. The molecule has 12 heteroatoms. The van der Waals surface area contributed by atoms with E-state index in [0.717, 1.165) is 85.5 Å². The molecule has 3 aromatic rings. The number of amides is 1. The quantitative estimate of drug-likeness (QED) is 0.429. The third-order valence-electron chi connectivity index (χ3n) is 9.93. The number of anilines is 2. The van der Waals surface area contributed by atoms with Crippen molar-refractivity contribution in [3.8, 4) is 12.1 Å². The fraction of sp³-hybridized carbons (Fsp3) is 0.545. The smallest absolute Gasteiger partial charge is 0.318 e. The number of carbonyl (C=O) groups excluding carboxylic acids is 1. The van der Waals surface area contributed by atoms with E-state index in [2.05, 4.69) is 28.0 Å². The minimum absolute atomic E-state index is 0.113. The van der Waals surface area contributed by atoms with Gasteiger partial charge in [-0.2, -0.15) is 20.3 Å². The number of aromatic nitrogens is 4. The SMILES string of the molecule is CN(C)C(=O)c1cc2n(n1)CCCN(c1nc(OC[C@@H]3CCCN3C)nc3c1COC1(CCCc4ccc(N)c(C#N)c41)C3)C2. The summed E-state index contributed by atoms with van der Waals surface area (Å²) in [6.07, 6.45) is 6.22. The number of hydrogen-bond donors (Lipinski definition) is 1. The molecule has 0 saturated carbocycles.